The van der Waals surface area contributed by atoms with Gasteiger partial charge in [-0.05, 0) is 38.5 Å². The highest BCUT2D eigenvalue weighted by atomic mass is 16.3. The third kappa shape index (κ3) is 6.07. The number of rotatable bonds is 7. The van der Waals surface area contributed by atoms with Crippen molar-refractivity contribution in [1.29, 1.82) is 0 Å². The molecule has 0 aliphatic carbocycles. The highest BCUT2D eigenvalue weighted by molar-refractivity contribution is 6.01. The molecule has 176 valence electrons. The average molecular weight is 454 g/mol. The molecule has 1 aliphatic rings. The van der Waals surface area contributed by atoms with E-state index in [4.69, 9.17) is 5.73 Å². The van der Waals surface area contributed by atoms with Crippen LogP contribution in [0.25, 0.3) is 0 Å². The van der Waals surface area contributed by atoms with E-state index in [1.165, 1.54) is 6.92 Å². The molecule has 1 aromatic carbocycles. The molecule has 0 saturated carbocycles. The number of aliphatic hydroxyl groups excluding tert-OH is 1. The summed E-state index contributed by atoms with van der Waals surface area (Å²) in [6, 6.07) is 8.18. The number of benzene rings is 1. The van der Waals surface area contributed by atoms with E-state index in [0.717, 1.165) is 16.7 Å². The van der Waals surface area contributed by atoms with Crippen molar-refractivity contribution in [3.8, 4) is 0 Å². The summed E-state index contributed by atoms with van der Waals surface area (Å²) >= 11 is 0. The summed E-state index contributed by atoms with van der Waals surface area (Å²) in [5.74, 6) is -0.832. The largest absolute Gasteiger partial charge is 0.391 e. The topological polar surface area (TPSA) is 129 Å². The first-order valence-corrected chi connectivity index (χ1v) is 11.0. The summed E-state index contributed by atoms with van der Waals surface area (Å²) in [5, 5.41) is 12.2. The first-order chi connectivity index (χ1) is 15.7. The molecule has 0 radical (unpaired) electrons. The SMILES string of the molecule is Cc1cc(C)cc(CC(=O)N2CCN(c3ncccc3C(=O)NC(C(N)=O)C(C)O)CC2)c1. The van der Waals surface area contributed by atoms with E-state index in [2.05, 4.69) is 16.4 Å². The van der Waals surface area contributed by atoms with Crippen LogP contribution in [0.3, 0.4) is 0 Å². The smallest absolute Gasteiger partial charge is 0.255 e. The van der Waals surface area contributed by atoms with E-state index in [0.29, 0.717) is 38.4 Å². The Labute approximate surface area is 193 Å². The van der Waals surface area contributed by atoms with Gasteiger partial charge in [-0.2, -0.15) is 0 Å². The second kappa shape index (κ2) is 10.4. The zero-order valence-electron chi connectivity index (χ0n) is 19.2. The summed E-state index contributed by atoms with van der Waals surface area (Å²) in [6.07, 6.45) is 0.815. The summed E-state index contributed by atoms with van der Waals surface area (Å²) in [4.78, 5) is 45.3. The van der Waals surface area contributed by atoms with Crippen molar-refractivity contribution in [2.24, 2.45) is 5.73 Å². The highest BCUT2D eigenvalue weighted by Gasteiger charge is 2.28. The number of carbonyl (C=O) groups is 3. The highest BCUT2D eigenvalue weighted by Crippen LogP contribution is 2.20. The van der Waals surface area contributed by atoms with Gasteiger partial charge in [0.1, 0.15) is 11.9 Å². The number of pyridine rings is 1. The molecule has 1 aromatic heterocycles. The van der Waals surface area contributed by atoms with Gasteiger partial charge in [0.05, 0.1) is 18.1 Å². The maximum Gasteiger partial charge on any atom is 0.255 e. The summed E-state index contributed by atoms with van der Waals surface area (Å²) in [5.41, 5.74) is 8.84. The second-order valence-corrected chi connectivity index (χ2v) is 8.51. The predicted molar refractivity (Wildman–Crippen MR) is 125 cm³/mol. The van der Waals surface area contributed by atoms with Crippen LogP contribution in [0.4, 0.5) is 5.82 Å². The lowest BCUT2D eigenvalue weighted by atomic mass is 10.0. The maximum absolute atomic E-state index is 12.8. The molecule has 1 aliphatic heterocycles. The summed E-state index contributed by atoms with van der Waals surface area (Å²) in [7, 11) is 0. The lowest BCUT2D eigenvalue weighted by Gasteiger charge is -2.36. The van der Waals surface area contributed by atoms with Crippen LogP contribution < -0.4 is 16.0 Å². The van der Waals surface area contributed by atoms with E-state index >= 15 is 0 Å². The monoisotopic (exact) mass is 453 g/mol. The number of anilines is 1. The van der Waals surface area contributed by atoms with Crippen LogP contribution in [0, 0.1) is 13.8 Å². The lowest BCUT2D eigenvalue weighted by molar-refractivity contribution is -0.130. The molecule has 2 atom stereocenters. The molecule has 0 bridgehead atoms. The fraction of sp³-hybridized carbons (Fsp3) is 0.417. The number of aryl methyl sites for hydroxylation is 2. The van der Waals surface area contributed by atoms with Crippen molar-refractivity contribution in [2.45, 2.75) is 39.3 Å². The van der Waals surface area contributed by atoms with Gasteiger partial charge in [-0.25, -0.2) is 4.98 Å². The Kier molecular flexibility index (Phi) is 7.65. The Bertz CT molecular complexity index is 1010. The van der Waals surface area contributed by atoms with Gasteiger partial charge in [-0.3, -0.25) is 14.4 Å². The van der Waals surface area contributed by atoms with Gasteiger partial charge >= 0.3 is 0 Å². The Balaban J connectivity index is 1.65. The minimum Gasteiger partial charge on any atom is -0.391 e. The zero-order valence-corrected chi connectivity index (χ0v) is 19.2. The maximum atomic E-state index is 12.8. The number of piperazine rings is 1. The van der Waals surface area contributed by atoms with Crippen LogP contribution in [-0.4, -0.2) is 71.0 Å². The summed E-state index contributed by atoms with van der Waals surface area (Å²) < 4.78 is 0. The molecular weight excluding hydrogens is 422 g/mol. The molecule has 3 amide bonds. The summed E-state index contributed by atoms with van der Waals surface area (Å²) in [6.45, 7) is 7.49. The van der Waals surface area contributed by atoms with Gasteiger partial charge in [0, 0.05) is 32.4 Å². The minimum atomic E-state index is -1.20. The molecule has 0 spiro atoms. The fourth-order valence-corrected chi connectivity index (χ4v) is 4.10. The molecule has 4 N–H and O–H groups in total. The number of nitrogens with one attached hydrogen (secondary N) is 1. The van der Waals surface area contributed by atoms with E-state index in [1.807, 2.05) is 35.8 Å². The van der Waals surface area contributed by atoms with E-state index in [9.17, 15) is 19.5 Å². The van der Waals surface area contributed by atoms with Gasteiger partial charge in [-0.1, -0.05) is 29.3 Å². The van der Waals surface area contributed by atoms with Gasteiger partial charge in [-0.15, -0.1) is 0 Å². The number of amides is 3. The third-order valence-electron chi connectivity index (χ3n) is 5.68. The third-order valence-corrected chi connectivity index (χ3v) is 5.68. The normalized spacial score (nSPS) is 15.6. The molecule has 1 saturated heterocycles. The predicted octanol–water partition coefficient (Wildman–Crippen LogP) is 0.554. The van der Waals surface area contributed by atoms with Crippen LogP contribution in [-0.2, 0) is 16.0 Å². The van der Waals surface area contributed by atoms with Crippen molar-refractivity contribution in [2.75, 3.05) is 31.1 Å². The number of primary amides is 1. The number of nitrogens with zero attached hydrogens (tertiary/aromatic N) is 3. The molecule has 33 heavy (non-hydrogen) atoms. The van der Waals surface area contributed by atoms with Crippen molar-refractivity contribution in [3.63, 3.8) is 0 Å². The van der Waals surface area contributed by atoms with Crippen LogP contribution in [0.2, 0.25) is 0 Å². The first-order valence-electron chi connectivity index (χ1n) is 11.0. The van der Waals surface area contributed by atoms with Gasteiger partial charge in [0.15, 0.2) is 0 Å². The van der Waals surface area contributed by atoms with Crippen LogP contribution in [0.1, 0.15) is 34.0 Å². The number of hydrogen-bond donors (Lipinski definition) is 3. The molecule has 9 heteroatoms. The number of aromatic nitrogens is 1. The first kappa shape index (κ1) is 24.2. The minimum absolute atomic E-state index is 0.0693. The van der Waals surface area contributed by atoms with Crippen molar-refractivity contribution in [3.05, 3.63) is 58.8 Å². The lowest BCUT2D eigenvalue weighted by Crippen LogP contribution is -2.52. The van der Waals surface area contributed by atoms with Gasteiger partial charge in [0.2, 0.25) is 11.8 Å². The van der Waals surface area contributed by atoms with Gasteiger partial charge < -0.3 is 26.0 Å². The second-order valence-electron chi connectivity index (χ2n) is 8.51. The Morgan fingerprint density at radius 2 is 1.76 bits per heavy atom. The molecule has 2 aromatic rings. The standard InChI is InChI=1S/C24H31N5O4/c1-15-11-16(2)13-18(12-15)14-20(31)28-7-9-29(10-8-28)23-19(5-4-6-26-23)24(33)27-21(17(3)30)22(25)32/h4-6,11-13,17,21,30H,7-10,14H2,1-3H3,(H2,25,32)(H,27,33). The number of aliphatic hydroxyl groups is 1. The number of carbonyl (C=O) groups excluding carboxylic acids is 3. The molecule has 2 unspecified atom stereocenters. The van der Waals surface area contributed by atoms with Crippen molar-refractivity contribution < 1.29 is 19.5 Å². The van der Waals surface area contributed by atoms with Crippen molar-refractivity contribution >= 4 is 23.5 Å². The molecule has 9 nitrogen and oxygen atoms in total. The Morgan fingerprint density at radius 1 is 1.12 bits per heavy atom. The van der Waals surface area contributed by atoms with Crippen LogP contribution in [0.5, 0.6) is 0 Å². The molecule has 3 rings (SSSR count). The molecule has 2 heterocycles. The Hall–Kier alpha value is -3.46. The van der Waals surface area contributed by atoms with Crippen LogP contribution in [0.15, 0.2) is 36.5 Å². The van der Waals surface area contributed by atoms with Crippen LogP contribution >= 0.6 is 0 Å². The fourth-order valence-electron chi connectivity index (χ4n) is 4.10. The Morgan fingerprint density at radius 3 is 2.33 bits per heavy atom. The number of nitrogens with two attached hydrogens (primary N) is 1. The van der Waals surface area contributed by atoms with E-state index in [1.54, 1.807) is 18.3 Å². The zero-order chi connectivity index (χ0) is 24.1. The molecular formula is C24H31N5O4. The quantitative estimate of drug-likeness (QED) is 0.562. The van der Waals surface area contributed by atoms with E-state index in [-0.39, 0.29) is 11.5 Å². The number of hydrogen-bond acceptors (Lipinski definition) is 6. The molecule has 1 fully saturated rings. The van der Waals surface area contributed by atoms with E-state index < -0.39 is 24.0 Å². The van der Waals surface area contributed by atoms with Gasteiger partial charge in [0.25, 0.3) is 5.91 Å². The average Bonchev–Trinajstić information content (AvgIpc) is 2.76. The van der Waals surface area contributed by atoms with Crippen molar-refractivity contribution in [1.82, 2.24) is 15.2 Å².